The second-order valence-corrected chi connectivity index (χ2v) is 6.68. The normalized spacial score (nSPS) is 19.8. The number of rotatable bonds is 0. The Labute approximate surface area is 146 Å². The number of allylic oxidation sites excluding steroid dienone is 5. The first-order valence-corrected chi connectivity index (χ1v) is 7.86. The molecule has 3 aliphatic rings. The van der Waals surface area contributed by atoms with E-state index in [1.807, 2.05) is 0 Å². The summed E-state index contributed by atoms with van der Waals surface area (Å²) in [6.45, 7) is 0. The van der Waals surface area contributed by atoms with E-state index >= 15 is 0 Å². The van der Waals surface area contributed by atoms with E-state index < -0.39 is 0 Å². The number of fused-ring (bicyclic) bond motifs is 3. The minimum Gasteiger partial charge on any atom is -1.00 e. The average Bonchev–Trinajstić information content (AvgIpc) is 2.84. The molecule has 0 spiro atoms. The van der Waals surface area contributed by atoms with Crippen LogP contribution < -0.4 is 24.8 Å². The van der Waals surface area contributed by atoms with Gasteiger partial charge in [0.25, 0.3) is 0 Å². The lowest BCUT2D eigenvalue weighted by molar-refractivity contribution is -0.465. The molecule has 0 atom stereocenters. The molecule has 2 fully saturated rings. The van der Waals surface area contributed by atoms with Crippen molar-refractivity contribution in [2.24, 2.45) is 0 Å². The summed E-state index contributed by atoms with van der Waals surface area (Å²) in [5, 5.41) is 0. The van der Waals surface area contributed by atoms with Crippen LogP contribution in [-0.2, 0) is 0 Å². The van der Waals surface area contributed by atoms with Gasteiger partial charge in [0.2, 0.25) is 0 Å². The monoisotopic (exact) mass is 340 g/mol. The molecule has 0 saturated heterocycles. The molecule has 22 heavy (non-hydrogen) atoms. The van der Waals surface area contributed by atoms with E-state index in [2.05, 4.69) is 43.2 Å². The zero-order valence-corrected chi connectivity index (χ0v) is 15.6. The van der Waals surface area contributed by atoms with Gasteiger partial charge in [0, 0.05) is 18.4 Å². The Kier molecular flexibility index (Phi) is 6.67. The Morgan fingerprint density at radius 3 is 2.14 bits per heavy atom. The highest BCUT2D eigenvalue weighted by atomic mass is 35.5. The van der Waals surface area contributed by atoms with E-state index in [0.29, 0.717) is 0 Å². The molecule has 0 amide bonds. The summed E-state index contributed by atoms with van der Waals surface area (Å²) >= 11 is 0. The quantitative estimate of drug-likeness (QED) is 0.326. The second-order valence-electron chi connectivity index (χ2n) is 6.68. The molecule has 0 heterocycles. The van der Waals surface area contributed by atoms with Gasteiger partial charge in [-0.05, 0) is 36.8 Å². The SMILES string of the molecule is C[N+](C)=C=C1CC2=C3CCCCCC(=[N+](C)C)C3=C1C2.[Cl-].[Cl-]. The molecule has 0 unspecified atom stereocenters. The molecule has 0 aromatic carbocycles. The maximum Gasteiger partial charge on any atom is 0.183 e. The summed E-state index contributed by atoms with van der Waals surface area (Å²) in [6.07, 6.45) is 8.95. The Bertz CT molecular complexity index is 621. The van der Waals surface area contributed by atoms with Crippen molar-refractivity contribution in [3.05, 3.63) is 27.9 Å². The molecule has 2 nitrogen and oxygen atoms in total. The largest absolute Gasteiger partial charge is 1.00 e. The molecule has 2 saturated carbocycles. The standard InChI is InChI=1S/C18H26N2.2ClH/c1-19(2)12-14-10-13-11-16(14)18-15(13)8-6-5-7-9-17(18)20(3)4;;/h5-11H2,1-4H3;2*1H/q+2;;/p-2. The van der Waals surface area contributed by atoms with Crippen molar-refractivity contribution in [1.29, 1.82) is 0 Å². The van der Waals surface area contributed by atoms with Crippen LogP contribution in [0.5, 0.6) is 0 Å². The summed E-state index contributed by atoms with van der Waals surface area (Å²) < 4.78 is 4.42. The Morgan fingerprint density at radius 1 is 0.818 bits per heavy atom. The van der Waals surface area contributed by atoms with Crippen LogP contribution in [0.2, 0.25) is 0 Å². The van der Waals surface area contributed by atoms with Crippen LogP contribution in [0.3, 0.4) is 0 Å². The summed E-state index contributed by atoms with van der Waals surface area (Å²) in [7, 11) is 8.57. The molecule has 122 valence electrons. The predicted octanol–water partition coefficient (Wildman–Crippen LogP) is -3.06. The van der Waals surface area contributed by atoms with Crippen LogP contribution in [-0.4, -0.2) is 48.9 Å². The van der Waals surface area contributed by atoms with Gasteiger partial charge in [0.1, 0.15) is 28.2 Å². The van der Waals surface area contributed by atoms with Crippen molar-refractivity contribution in [2.45, 2.75) is 44.9 Å². The van der Waals surface area contributed by atoms with E-state index in [1.165, 1.54) is 44.1 Å². The lowest BCUT2D eigenvalue weighted by Gasteiger charge is -2.19. The van der Waals surface area contributed by atoms with Gasteiger partial charge in [-0.3, -0.25) is 0 Å². The summed E-state index contributed by atoms with van der Waals surface area (Å²) in [6, 6.07) is 0. The molecule has 3 rings (SSSR count). The zero-order valence-electron chi connectivity index (χ0n) is 14.1. The van der Waals surface area contributed by atoms with Crippen molar-refractivity contribution >= 4 is 11.6 Å². The van der Waals surface area contributed by atoms with Gasteiger partial charge in [0.05, 0.1) is 5.57 Å². The lowest BCUT2D eigenvalue weighted by atomic mass is 9.84. The van der Waals surface area contributed by atoms with Crippen molar-refractivity contribution in [2.75, 3.05) is 28.2 Å². The zero-order chi connectivity index (χ0) is 14.3. The van der Waals surface area contributed by atoms with Crippen LogP contribution in [0.15, 0.2) is 27.9 Å². The highest BCUT2D eigenvalue weighted by molar-refractivity contribution is 6.04. The maximum absolute atomic E-state index is 3.53. The Morgan fingerprint density at radius 2 is 1.50 bits per heavy atom. The minimum atomic E-state index is 0. The van der Waals surface area contributed by atoms with E-state index in [9.17, 15) is 0 Å². The molecule has 4 heteroatoms. The highest BCUT2D eigenvalue weighted by Crippen LogP contribution is 2.49. The fourth-order valence-corrected chi connectivity index (χ4v) is 3.88. The molecular formula is C18H26Cl2N2. The van der Waals surface area contributed by atoms with Crippen molar-refractivity contribution in [3.63, 3.8) is 0 Å². The topological polar surface area (TPSA) is 6.02 Å². The molecule has 0 radical (unpaired) electrons. The third-order valence-electron chi connectivity index (χ3n) is 4.70. The van der Waals surface area contributed by atoms with Gasteiger partial charge in [-0.2, -0.15) is 4.58 Å². The van der Waals surface area contributed by atoms with E-state index in [0.717, 1.165) is 6.42 Å². The molecule has 0 aromatic heterocycles. The Balaban J connectivity index is 0.00000121. The first-order chi connectivity index (χ1) is 9.58. The smallest absolute Gasteiger partial charge is 0.183 e. The second kappa shape index (κ2) is 7.64. The average molecular weight is 341 g/mol. The number of nitrogens with zero attached hydrogens (tertiary/aromatic N) is 2. The van der Waals surface area contributed by atoms with Crippen LogP contribution >= 0.6 is 0 Å². The van der Waals surface area contributed by atoms with E-state index in [1.54, 1.807) is 28.0 Å². The molecule has 2 bridgehead atoms. The first kappa shape index (κ1) is 19.2. The maximum atomic E-state index is 3.53. The van der Waals surface area contributed by atoms with Gasteiger partial charge in [-0.1, -0.05) is 12.0 Å². The van der Waals surface area contributed by atoms with Gasteiger partial charge in [-0.25, -0.2) is 4.58 Å². The van der Waals surface area contributed by atoms with Crippen molar-refractivity contribution < 1.29 is 34.0 Å². The third kappa shape index (κ3) is 3.40. The number of halogens is 2. The van der Waals surface area contributed by atoms with E-state index in [4.69, 9.17) is 0 Å². The third-order valence-corrected chi connectivity index (χ3v) is 4.70. The van der Waals surface area contributed by atoms with Crippen LogP contribution in [0.25, 0.3) is 0 Å². The van der Waals surface area contributed by atoms with Crippen molar-refractivity contribution in [1.82, 2.24) is 0 Å². The van der Waals surface area contributed by atoms with Crippen LogP contribution in [0.4, 0.5) is 0 Å². The van der Waals surface area contributed by atoms with Gasteiger partial charge < -0.3 is 24.8 Å². The van der Waals surface area contributed by atoms with Gasteiger partial charge in [0.15, 0.2) is 11.6 Å². The first-order valence-electron chi connectivity index (χ1n) is 7.86. The number of hydrogen-bond donors (Lipinski definition) is 0. The van der Waals surface area contributed by atoms with Gasteiger partial charge >= 0.3 is 0 Å². The van der Waals surface area contributed by atoms with E-state index in [-0.39, 0.29) is 24.8 Å². The molecule has 0 aliphatic heterocycles. The molecule has 0 N–H and O–H groups in total. The molecule has 3 aliphatic carbocycles. The Hall–Kier alpha value is -0.820. The fraction of sp³-hybridized carbons (Fsp3) is 0.611. The minimum absolute atomic E-state index is 0. The van der Waals surface area contributed by atoms with Crippen molar-refractivity contribution in [3.8, 4) is 0 Å². The fourth-order valence-electron chi connectivity index (χ4n) is 3.88. The summed E-state index contributed by atoms with van der Waals surface area (Å²) in [5.41, 5.74) is 9.54. The summed E-state index contributed by atoms with van der Waals surface area (Å²) in [5.74, 6) is 3.53. The highest BCUT2D eigenvalue weighted by Gasteiger charge is 2.38. The number of hydrogen-bond acceptors (Lipinski definition) is 0. The van der Waals surface area contributed by atoms with Gasteiger partial charge in [-0.15, -0.1) is 0 Å². The lowest BCUT2D eigenvalue weighted by Crippen LogP contribution is -3.00. The summed E-state index contributed by atoms with van der Waals surface area (Å²) in [4.78, 5) is 0. The van der Waals surface area contributed by atoms with Crippen LogP contribution in [0, 0.1) is 0 Å². The molecule has 0 aromatic rings. The van der Waals surface area contributed by atoms with Crippen LogP contribution in [0.1, 0.15) is 44.9 Å². The predicted molar refractivity (Wildman–Crippen MR) is 84.1 cm³/mol. The molecular weight excluding hydrogens is 315 g/mol.